The van der Waals surface area contributed by atoms with Crippen LogP contribution in [0.1, 0.15) is 49.5 Å². The van der Waals surface area contributed by atoms with Gasteiger partial charge >= 0.3 is 0 Å². The Labute approximate surface area is 154 Å². The van der Waals surface area contributed by atoms with Gasteiger partial charge in [0.1, 0.15) is 23.4 Å². The van der Waals surface area contributed by atoms with Crippen LogP contribution >= 0.6 is 11.8 Å². The molecular weight excluding hydrogens is 332 g/mol. The van der Waals surface area contributed by atoms with E-state index in [-0.39, 0.29) is 6.10 Å². The van der Waals surface area contributed by atoms with Crippen molar-refractivity contribution in [2.45, 2.75) is 50.5 Å². The summed E-state index contributed by atoms with van der Waals surface area (Å²) in [5.74, 6) is 2.93. The normalized spacial score (nSPS) is 16.2. The second kappa shape index (κ2) is 8.05. The first-order valence-corrected chi connectivity index (χ1v) is 9.97. The molecule has 0 radical (unpaired) electrons. The standard InChI is InChI=1S/C21H26O3S/c1-4-6-15-12-16(7-5-2)20-21(19(15)22)25-13-18(24-20)14-8-10-17(23-3)11-9-14/h8-12,18,22H,4-7,13H2,1-3H3/t18-/m1/s1. The SMILES string of the molecule is CCCc1cc(CCC)c2c(c1O)SC[C@H](c1ccc(OC)cc1)O2. The van der Waals surface area contributed by atoms with E-state index in [4.69, 9.17) is 9.47 Å². The molecule has 0 bridgehead atoms. The number of hydrogen-bond donors (Lipinski definition) is 1. The Morgan fingerprint density at radius 1 is 1.12 bits per heavy atom. The molecule has 4 heteroatoms. The van der Waals surface area contributed by atoms with Crippen molar-refractivity contribution in [2.24, 2.45) is 0 Å². The molecule has 0 amide bonds. The number of benzene rings is 2. The van der Waals surface area contributed by atoms with Gasteiger partial charge in [-0.25, -0.2) is 0 Å². The van der Waals surface area contributed by atoms with Gasteiger partial charge in [-0.15, -0.1) is 11.8 Å². The third-order valence-corrected chi connectivity index (χ3v) is 5.67. The molecule has 3 nitrogen and oxygen atoms in total. The number of fused-ring (bicyclic) bond motifs is 1. The van der Waals surface area contributed by atoms with Crippen molar-refractivity contribution < 1.29 is 14.6 Å². The molecule has 3 rings (SSSR count). The maximum atomic E-state index is 10.7. The molecule has 2 aromatic rings. The molecule has 134 valence electrons. The first-order valence-electron chi connectivity index (χ1n) is 8.99. The number of rotatable bonds is 6. The van der Waals surface area contributed by atoms with E-state index < -0.39 is 0 Å². The molecule has 1 atom stereocenters. The van der Waals surface area contributed by atoms with E-state index in [1.165, 1.54) is 5.56 Å². The molecule has 0 saturated heterocycles. The van der Waals surface area contributed by atoms with E-state index in [1.807, 2.05) is 12.1 Å². The molecule has 25 heavy (non-hydrogen) atoms. The van der Waals surface area contributed by atoms with E-state index in [2.05, 4.69) is 32.0 Å². The van der Waals surface area contributed by atoms with Crippen molar-refractivity contribution in [2.75, 3.05) is 12.9 Å². The first kappa shape index (κ1) is 18.0. The minimum atomic E-state index is -0.00422. The van der Waals surface area contributed by atoms with E-state index in [0.717, 1.165) is 59.0 Å². The fraction of sp³-hybridized carbons (Fsp3) is 0.429. The van der Waals surface area contributed by atoms with Crippen molar-refractivity contribution in [1.29, 1.82) is 0 Å². The predicted molar refractivity (Wildman–Crippen MR) is 103 cm³/mol. The van der Waals surface area contributed by atoms with Crippen LogP contribution in [0.4, 0.5) is 0 Å². The van der Waals surface area contributed by atoms with Crippen molar-refractivity contribution in [3.05, 3.63) is 47.0 Å². The second-order valence-corrected chi connectivity index (χ2v) is 7.42. The summed E-state index contributed by atoms with van der Waals surface area (Å²) in [6.07, 6.45) is 3.95. The molecule has 0 unspecified atom stereocenters. The summed E-state index contributed by atoms with van der Waals surface area (Å²) in [5, 5.41) is 10.7. The van der Waals surface area contributed by atoms with Crippen LogP contribution in [-0.4, -0.2) is 18.0 Å². The van der Waals surface area contributed by atoms with E-state index in [0.29, 0.717) is 5.75 Å². The maximum absolute atomic E-state index is 10.7. The molecule has 0 spiro atoms. The zero-order valence-electron chi connectivity index (χ0n) is 15.2. The number of methoxy groups -OCH3 is 1. The highest BCUT2D eigenvalue weighted by Crippen LogP contribution is 2.49. The van der Waals surface area contributed by atoms with Crippen molar-refractivity contribution in [3.63, 3.8) is 0 Å². The van der Waals surface area contributed by atoms with Gasteiger partial charge in [0.15, 0.2) is 0 Å². The molecule has 2 aromatic carbocycles. The second-order valence-electron chi connectivity index (χ2n) is 6.39. The summed E-state index contributed by atoms with van der Waals surface area (Å²) < 4.78 is 11.6. The smallest absolute Gasteiger partial charge is 0.140 e. The van der Waals surface area contributed by atoms with Gasteiger partial charge in [0, 0.05) is 5.75 Å². The van der Waals surface area contributed by atoms with Gasteiger partial charge in [-0.05, 0) is 47.7 Å². The third kappa shape index (κ3) is 3.74. The summed E-state index contributed by atoms with van der Waals surface area (Å²) in [6, 6.07) is 10.2. The molecule has 1 heterocycles. The van der Waals surface area contributed by atoms with Gasteiger partial charge < -0.3 is 14.6 Å². The number of hydrogen-bond acceptors (Lipinski definition) is 4. The van der Waals surface area contributed by atoms with Crippen LogP contribution in [0.2, 0.25) is 0 Å². The Kier molecular flexibility index (Phi) is 5.79. The van der Waals surface area contributed by atoms with Crippen molar-refractivity contribution in [3.8, 4) is 17.2 Å². The maximum Gasteiger partial charge on any atom is 0.140 e. The number of phenolic OH excluding ortho intramolecular Hbond substituents is 1. The zero-order chi connectivity index (χ0) is 17.8. The summed E-state index contributed by atoms with van der Waals surface area (Å²) in [4.78, 5) is 0.916. The first-order chi connectivity index (χ1) is 12.2. The lowest BCUT2D eigenvalue weighted by molar-refractivity contribution is 0.215. The molecule has 1 aliphatic rings. The highest BCUT2D eigenvalue weighted by atomic mass is 32.2. The van der Waals surface area contributed by atoms with Gasteiger partial charge in [0.2, 0.25) is 0 Å². The van der Waals surface area contributed by atoms with E-state index in [1.54, 1.807) is 18.9 Å². The lowest BCUT2D eigenvalue weighted by atomic mass is 10.0. The summed E-state index contributed by atoms with van der Waals surface area (Å²) in [7, 11) is 1.67. The molecule has 0 saturated carbocycles. The minimum absolute atomic E-state index is 0.00422. The summed E-state index contributed by atoms with van der Waals surface area (Å²) in [5.41, 5.74) is 3.40. The molecule has 1 N–H and O–H groups in total. The van der Waals surface area contributed by atoms with Crippen LogP contribution in [0.3, 0.4) is 0 Å². The number of ether oxygens (including phenoxy) is 2. The van der Waals surface area contributed by atoms with Crippen LogP contribution in [0.5, 0.6) is 17.2 Å². The lowest BCUT2D eigenvalue weighted by Crippen LogP contribution is -2.16. The van der Waals surface area contributed by atoms with E-state index >= 15 is 0 Å². The Hall–Kier alpha value is -1.81. The van der Waals surface area contributed by atoms with E-state index in [9.17, 15) is 5.11 Å². The largest absolute Gasteiger partial charge is 0.506 e. The highest BCUT2D eigenvalue weighted by molar-refractivity contribution is 7.99. The summed E-state index contributed by atoms with van der Waals surface area (Å²) >= 11 is 1.70. The Balaban J connectivity index is 1.94. The number of phenols is 1. The Morgan fingerprint density at radius 3 is 2.44 bits per heavy atom. The van der Waals surface area contributed by atoms with Crippen LogP contribution in [0, 0.1) is 0 Å². The van der Waals surface area contributed by atoms with Gasteiger partial charge in [-0.1, -0.05) is 38.8 Å². The average Bonchev–Trinajstić information content (AvgIpc) is 2.65. The quantitative estimate of drug-likeness (QED) is 0.737. The number of aromatic hydroxyl groups is 1. The van der Waals surface area contributed by atoms with Crippen LogP contribution in [-0.2, 0) is 12.8 Å². The van der Waals surface area contributed by atoms with Crippen molar-refractivity contribution in [1.82, 2.24) is 0 Å². The van der Waals surface area contributed by atoms with Gasteiger partial charge in [-0.3, -0.25) is 0 Å². The topological polar surface area (TPSA) is 38.7 Å². The fourth-order valence-electron chi connectivity index (χ4n) is 3.24. The lowest BCUT2D eigenvalue weighted by Gasteiger charge is -2.29. The van der Waals surface area contributed by atoms with Gasteiger partial charge in [0.25, 0.3) is 0 Å². The molecule has 1 aliphatic heterocycles. The third-order valence-electron chi connectivity index (χ3n) is 4.53. The predicted octanol–water partition coefficient (Wildman–Crippen LogP) is 5.53. The Morgan fingerprint density at radius 2 is 1.80 bits per heavy atom. The van der Waals surface area contributed by atoms with Crippen LogP contribution in [0.15, 0.2) is 35.2 Å². The summed E-state index contributed by atoms with van der Waals surface area (Å²) in [6.45, 7) is 4.32. The molecule has 0 aromatic heterocycles. The molecule has 0 aliphatic carbocycles. The van der Waals surface area contributed by atoms with Crippen LogP contribution in [0.25, 0.3) is 0 Å². The van der Waals surface area contributed by atoms with Gasteiger partial charge in [-0.2, -0.15) is 0 Å². The fourth-order valence-corrected chi connectivity index (χ4v) is 4.40. The Bertz CT molecular complexity index is 725. The molecule has 0 fully saturated rings. The van der Waals surface area contributed by atoms with Crippen molar-refractivity contribution >= 4 is 11.8 Å². The monoisotopic (exact) mass is 358 g/mol. The molecular formula is C21H26O3S. The number of thioether (sulfide) groups is 1. The van der Waals surface area contributed by atoms with Gasteiger partial charge in [0.05, 0.1) is 12.0 Å². The zero-order valence-corrected chi connectivity index (χ0v) is 16.0. The number of aryl methyl sites for hydroxylation is 2. The highest BCUT2D eigenvalue weighted by Gasteiger charge is 2.28. The minimum Gasteiger partial charge on any atom is -0.506 e. The average molecular weight is 359 g/mol. The van der Waals surface area contributed by atoms with Crippen LogP contribution < -0.4 is 9.47 Å².